The number of carbonyl (C=O) groups is 2. The van der Waals surface area contributed by atoms with E-state index in [-0.39, 0.29) is 11.8 Å². The highest BCUT2D eigenvalue weighted by Gasteiger charge is 2.18. The van der Waals surface area contributed by atoms with E-state index in [1.807, 2.05) is 23.1 Å². The number of nitrogens with one attached hydrogen (secondary N) is 1. The van der Waals surface area contributed by atoms with E-state index in [1.54, 1.807) is 37.3 Å². The van der Waals surface area contributed by atoms with Crippen LogP contribution in [0.1, 0.15) is 28.4 Å². The van der Waals surface area contributed by atoms with Gasteiger partial charge < -0.3 is 15.0 Å². The van der Waals surface area contributed by atoms with Crippen molar-refractivity contribution in [2.45, 2.75) is 13.5 Å². The van der Waals surface area contributed by atoms with E-state index in [0.717, 1.165) is 38.3 Å². The minimum absolute atomic E-state index is 0.113. The van der Waals surface area contributed by atoms with Gasteiger partial charge in [-0.1, -0.05) is 12.1 Å². The van der Waals surface area contributed by atoms with Crippen molar-refractivity contribution in [2.24, 2.45) is 0 Å². The molecule has 7 heteroatoms. The van der Waals surface area contributed by atoms with Crippen LogP contribution in [-0.4, -0.2) is 60.9 Å². The third kappa shape index (κ3) is 6.06. The van der Waals surface area contributed by atoms with Gasteiger partial charge in [0.2, 0.25) is 5.91 Å². The second kappa shape index (κ2) is 10.4. The normalized spacial score (nSPS) is 14.1. The third-order valence-electron chi connectivity index (χ3n) is 5.11. The van der Waals surface area contributed by atoms with Gasteiger partial charge in [-0.2, -0.15) is 5.26 Å². The monoisotopic (exact) mass is 406 g/mol. The number of amides is 2. The van der Waals surface area contributed by atoms with Crippen LogP contribution in [0.3, 0.4) is 0 Å². The van der Waals surface area contributed by atoms with E-state index in [2.05, 4.69) is 16.3 Å². The topological polar surface area (TPSA) is 85.7 Å². The largest absolute Gasteiger partial charge is 0.489 e. The molecule has 0 unspecified atom stereocenters. The number of benzene rings is 2. The van der Waals surface area contributed by atoms with Crippen LogP contribution < -0.4 is 10.1 Å². The van der Waals surface area contributed by atoms with Gasteiger partial charge in [0, 0.05) is 51.8 Å². The van der Waals surface area contributed by atoms with E-state index >= 15 is 0 Å². The summed E-state index contributed by atoms with van der Waals surface area (Å²) in [5, 5.41) is 11.8. The molecule has 1 heterocycles. The number of hydrogen-bond acceptors (Lipinski definition) is 5. The van der Waals surface area contributed by atoms with Gasteiger partial charge in [0.15, 0.2) is 0 Å². The molecule has 1 N–H and O–H groups in total. The summed E-state index contributed by atoms with van der Waals surface area (Å²) in [4.78, 5) is 27.9. The molecule has 0 saturated carbocycles. The number of nitriles is 1. The molecule has 2 aromatic rings. The molecule has 156 valence electrons. The summed E-state index contributed by atoms with van der Waals surface area (Å²) in [6, 6.07) is 16.4. The quantitative estimate of drug-likeness (QED) is 0.760. The molecule has 1 saturated heterocycles. The fourth-order valence-corrected chi connectivity index (χ4v) is 3.31. The summed E-state index contributed by atoms with van der Waals surface area (Å²) >= 11 is 0. The van der Waals surface area contributed by atoms with Crippen molar-refractivity contribution < 1.29 is 14.3 Å². The first-order valence-corrected chi connectivity index (χ1v) is 10.0. The molecule has 7 nitrogen and oxygen atoms in total. The molecule has 2 amide bonds. The number of hydrogen-bond donors (Lipinski definition) is 1. The van der Waals surface area contributed by atoms with Gasteiger partial charge in [-0.05, 0) is 42.0 Å². The molecule has 1 fully saturated rings. The molecule has 30 heavy (non-hydrogen) atoms. The Hall–Kier alpha value is -3.37. The van der Waals surface area contributed by atoms with E-state index in [9.17, 15) is 9.59 Å². The van der Waals surface area contributed by atoms with E-state index in [1.165, 1.54) is 0 Å². The molecular formula is C23H26N4O3. The van der Waals surface area contributed by atoms with E-state index < -0.39 is 0 Å². The van der Waals surface area contributed by atoms with Crippen molar-refractivity contribution in [3.63, 3.8) is 0 Å². The van der Waals surface area contributed by atoms with Gasteiger partial charge in [0.05, 0.1) is 11.6 Å². The zero-order valence-corrected chi connectivity index (χ0v) is 17.1. The Morgan fingerprint density at radius 1 is 1.10 bits per heavy atom. The second-order valence-electron chi connectivity index (χ2n) is 7.23. The highest BCUT2D eigenvalue weighted by molar-refractivity contribution is 5.94. The first-order valence-electron chi connectivity index (χ1n) is 10.0. The smallest absolute Gasteiger partial charge is 0.251 e. The molecule has 0 atom stereocenters. The van der Waals surface area contributed by atoms with Crippen molar-refractivity contribution in [2.75, 3.05) is 39.3 Å². The van der Waals surface area contributed by atoms with E-state index in [0.29, 0.717) is 30.0 Å². The molecule has 3 rings (SSSR count). The van der Waals surface area contributed by atoms with Gasteiger partial charge in [-0.3, -0.25) is 14.5 Å². The fraction of sp³-hybridized carbons (Fsp3) is 0.348. The Balaban J connectivity index is 1.44. The number of carbonyl (C=O) groups excluding carboxylic acids is 2. The standard InChI is InChI=1S/C23H26N4O3/c1-18(28)27-13-11-26(12-14-27)10-9-25-23(29)21-4-2-3-20(15-21)17-30-22-7-5-19(16-24)6-8-22/h2-8,15H,9-14,17H2,1H3,(H,25,29). The van der Waals surface area contributed by atoms with Crippen molar-refractivity contribution in [3.8, 4) is 11.8 Å². The second-order valence-corrected chi connectivity index (χ2v) is 7.23. The van der Waals surface area contributed by atoms with Crippen LogP contribution in [0.25, 0.3) is 0 Å². The van der Waals surface area contributed by atoms with E-state index in [4.69, 9.17) is 10.00 Å². The van der Waals surface area contributed by atoms with Crippen LogP contribution in [0.2, 0.25) is 0 Å². The molecule has 0 radical (unpaired) electrons. The maximum absolute atomic E-state index is 12.5. The van der Waals surface area contributed by atoms with Crippen molar-refractivity contribution in [3.05, 3.63) is 65.2 Å². The van der Waals surface area contributed by atoms with Gasteiger partial charge in [-0.15, -0.1) is 0 Å². The Labute approximate surface area is 176 Å². The number of piperazine rings is 1. The predicted molar refractivity (Wildman–Crippen MR) is 113 cm³/mol. The lowest BCUT2D eigenvalue weighted by Gasteiger charge is -2.34. The van der Waals surface area contributed by atoms with Crippen LogP contribution in [-0.2, 0) is 11.4 Å². The van der Waals surface area contributed by atoms with Crippen molar-refractivity contribution in [1.82, 2.24) is 15.1 Å². The van der Waals surface area contributed by atoms with Crippen molar-refractivity contribution >= 4 is 11.8 Å². The van der Waals surface area contributed by atoms with Gasteiger partial charge in [0.1, 0.15) is 12.4 Å². The average molecular weight is 406 g/mol. The minimum Gasteiger partial charge on any atom is -0.489 e. The Morgan fingerprint density at radius 2 is 1.83 bits per heavy atom. The summed E-state index contributed by atoms with van der Waals surface area (Å²) in [6.45, 7) is 6.40. The zero-order valence-electron chi connectivity index (χ0n) is 17.1. The summed E-state index contributed by atoms with van der Waals surface area (Å²) in [5.41, 5.74) is 2.08. The molecule has 0 aliphatic carbocycles. The van der Waals surface area contributed by atoms with Crippen LogP contribution >= 0.6 is 0 Å². The van der Waals surface area contributed by atoms with Gasteiger partial charge in [0.25, 0.3) is 5.91 Å². The summed E-state index contributed by atoms with van der Waals surface area (Å²) in [7, 11) is 0. The molecule has 1 aliphatic heterocycles. The third-order valence-corrected chi connectivity index (χ3v) is 5.11. The summed E-state index contributed by atoms with van der Waals surface area (Å²) in [6.07, 6.45) is 0. The highest BCUT2D eigenvalue weighted by atomic mass is 16.5. The lowest BCUT2D eigenvalue weighted by atomic mass is 10.1. The van der Waals surface area contributed by atoms with Gasteiger partial charge in [-0.25, -0.2) is 0 Å². The van der Waals surface area contributed by atoms with Crippen LogP contribution in [0, 0.1) is 11.3 Å². The first-order chi connectivity index (χ1) is 14.5. The highest BCUT2D eigenvalue weighted by Crippen LogP contribution is 2.14. The molecular weight excluding hydrogens is 380 g/mol. The molecule has 0 aromatic heterocycles. The Bertz CT molecular complexity index is 913. The minimum atomic E-state index is -0.113. The number of rotatable bonds is 7. The summed E-state index contributed by atoms with van der Waals surface area (Å²) < 4.78 is 5.74. The Morgan fingerprint density at radius 3 is 2.50 bits per heavy atom. The van der Waals surface area contributed by atoms with Crippen LogP contribution in [0.15, 0.2) is 48.5 Å². The molecule has 0 spiro atoms. The van der Waals surface area contributed by atoms with Crippen molar-refractivity contribution in [1.29, 1.82) is 5.26 Å². The maximum atomic E-state index is 12.5. The lowest BCUT2D eigenvalue weighted by Crippen LogP contribution is -2.49. The number of nitrogens with zero attached hydrogens (tertiary/aromatic N) is 3. The van der Waals surface area contributed by atoms with Gasteiger partial charge >= 0.3 is 0 Å². The SMILES string of the molecule is CC(=O)N1CCN(CCNC(=O)c2cccc(COc3ccc(C#N)cc3)c2)CC1. The average Bonchev–Trinajstić information content (AvgIpc) is 2.78. The fourth-order valence-electron chi connectivity index (χ4n) is 3.31. The predicted octanol–water partition coefficient (Wildman–Crippen LogP) is 2.03. The zero-order chi connectivity index (χ0) is 21.3. The molecule has 0 bridgehead atoms. The molecule has 2 aromatic carbocycles. The lowest BCUT2D eigenvalue weighted by molar-refractivity contribution is -0.130. The molecule has 1 aliphatic rings. The summed E-state index contributed by atoms with van der Waals surface area (Å²) in [5.74, 6) is 0.678. The Kier molecular flexibility index (Phi) is 7.41. The van der Waals surface area contributed by atoms with Crippen LogP contribution in [0.5, 0.6) is 5.75 Å². The number of ether oxygens (including phenoxy) is 1. The first kappa shape index (κ1) is 21.3. The van der Waals surface area contributed by atoms with Crippen LogP contribution in [0.4, 0.5) is 0 Å². The maximum Gasteiger partial charge on any atom is 0.251 e.